The molecular formula is C14H23N5O. The maximum atomic E-state index is 8.87. The van der Waals surface area contributed by atoms with Crippen molar-refractivity contribution < 1.29 is 5.21 Å². The number of oxime groups is 1. The normalized spacial score (nSPS) is 19.1. The Bertz CT molecular complexity index is 468. The van der Waals surface area contributed by atoms with Crippen molar-refractivity contribution in [2.45, 2.75) is 26.3 Å². The summed E-state index contributed by atoms with van der Waals surface area (Å²) in [4.78, 5) is 9.09. The van der Waals surface area contributed by atoms with Crippen LogP contribution in [0.5, 0.6) is 0 Å². The molecule has 0 spiro atoms. The Balaban J connectivity index is 2.11. The Morgan fingerprint density at radius 2 is 2.15 bits per heavy atom. The lowest BCUT2D eigenvalue weighted by Crippen LogP contribution is -2.50. The molecule has 110 valence electrons. The maximum absolute atomic E-state index is 8.87. The zero-order valence-corrected chi connectivity index (χ0v) is 12.2. The fraction of sp³-hybridized carbons (Fsp3) is 0.571. The third-order valence-electron chi connectivity index (χ3n) is 4.00. The van der Waals surface area contributed by atoms with Gasteiger partial charge in [0.05, 0.1) is 5.56 Å². The number of nitrogens with two attached hydrogens (primary N) is 1. The van der Waals surface area contributed by atoms with Crippen LogP contribution >= 0.6 is 0 Å². The van der Waals surface area contributed by atoms with Gasteiger partial charge in [0, 0.05) is 38.4 Å². The Morgan fingerprint density at radius 1 is 1.45 bits per heavy atom. The quantitative estimate of drug-likeness (QED) is 0.373. The van der Waals surface area contributed by atoms with E-state index >= 15 is 0 Å². The van der Waals surface area contributed by atoms with Gasteiger partial charge in [-0.25, -0.2) is 4.98 Å². The second-order valence-electron chi connectivity index (χ2n) is 5.14. The number of aromatic nitrogens is 1. The molecule has 0 amide bonds. The van der Waals surface area contributed by atoms with Crippen molar-refractivity contribution in [3.8, 4) is 0 Å². The first-order valence-corrected chi connectivity index (χ1v) is 7.09. The van der Waals surface area contributed by atoms with Crippen LogP contribution in [0, 0.1) is 0 Å². The highest BCUT2D eigenvalue weighted by atomic mass is 16.4. The number of nitrogens with zero attached hydrogens (tertiary/aromatic N) is 4. The number of hydrogen-bond donors (Lipinski definition) is 2. The minimum atomic E-state index is 0.109. The molecule has 2 heterocycles. The monoisotopic (exact) mass is 277 g/mol. The van der Waals surface area contributed by atoms with Gasteiger partial charge >= 0.3 is 0 Å². The van der Waals surface area contributed by atoms with E-state index in [0.717, 1.165) is 32.0 Å². The Kier molecular flexibility index (Phi) is 4.79. The molecule has 6 heteroatoms. The molecule has 1 aliphatic rings. The first-order valence-electron chi connectivity index (χ1n) is 7.09. The van der Waals surface area contributed by atoms with Gasteiger partial charge < -0.3 is 15.8 Å². The molecule has 0 aromatic carbocycles. The third-order valence-corrected chi connectivity index (χ3v) is 4.00. The molecule has 6 nitrogen and oxygen atoms in total. The highest BCUT2D eigenvalue weighted by molar-refractivity contribution is 6.01. The molecule has 1 unspecified atom stereocenters. The predicted molar refractivity (Wildman–Crippen MR) is 80.3 cm³/mol. The van der Waals surface area contributed by atoms with E-state index in [1.165, 1.54) is 6.42 Å². The average Bonchev–Trinajstić information content (AvgIpc) is 2.53. The second kappa shape index (κ2) is 6.56. The molecule has 1 aromatic heterocycles. The van der Waals surface area contributed by atoms with Crippen molar-refractivity contribution >= 4 is 11.7 Å². The van der Waals surface area contributed by atoms with Gasteiger partial charge in [-0.2, -0.15) is 0 Å². The number of anilines is 1. The molecule has 1 atom stereocenters. The fourth-order valence-electron chi connectivity index (χ4n) is 2.54. The van der Waals surface area contributed by atoms with E-state index in [-0.39, 0.29) is 5.84 Å². The van der Waals surface area contributed by atoms with Crippen LogP contribution in [0.4, 0.5) is 5.82 Å². The van der Waals surface area contributed by atoms with Crippen molar-refractivity contribution in [2.24, 2.45) is 10.9 Å². The van der Waals surface area contributed by atoms with Gasteiger partial charge in [0.2, 0.25) is 0 Å². The highest BCUT2D eigenvalue weighted by Crippen LogP contribution is 2.19. The lowest BCUT2D eigenvalue weighted by Gasteiger charge is -2.38. The van der Waals surface area contributed by atoms with Crippen LogP contribution in [0.2, 0.25) is 0 Å². The summed E-state index contributed by atoms with van der Waals surface area (Å²) in [6.45, 7) is 8.33. The first kappa shape index (κ1) is 14.6. The molecule has 1 aromatic rings. The van der Waals surface area contributed by atoms with Crippen molar-refractivity contribution in [3.63, 3.8) is 0 Å². The lowest BCUT2D eigenvalue weighted by molar-refractivity contribution is 0.192. The molecule has 1 saturated heterocycles. The Hall–Kier alpha value is -1.82. The van der Waals surface area contributed by atoms with Crippen LogP contribution in [0.15, 0.2) is 23.5 Å². The minimum absolute atomic E-state index is 0.109. The van der Waals surface area contributed by atoms with Crippen LogP contribution in [0.3, 0.4) is 0 Å². The summed E-state index contributed by atoms with van der Waals surface area (Å²) in [5, 5.41) is 12.0. The average molecular weight is 277 g/mol. The van der Waals surface area contributed by atoms with Gasteiger partial charge in [0.25, 0.3) is 0 Å². The van der Waals surface area contributed by atoms with Crippen molar-refractivity contribution in [3.05, 3.63) is 23.9 Å². The summed E-state index contributed by atoms with van der Waals surface area (Å²) in [7, 11) is 0. The lowest BCUT2D eigenvalue weighted by atomic mass is 10.1. The van der Waals surface area contributed by atoms with Crippen molar-refractivity contribution in [1.29, 1.82) is 0 Å². The van der Waals surface area contributed by atoms with Crippen LogP contribution < -0.4 is 10.6 Å². The molecule has 2 rings (SSSR count). The van der Waals surface area contributed by atoms with E-state index in [2.05, 4.69) is 33.8 Å². The molecule has 0 saturated carbocycles. The van der Waals surface area contributed by atoms with Gasteiger partial charge in [-0.3, -0.25) is 4.90 Å². The van der Waals surface area contributed by atoms with E-state index in [0.29, 0.717) is 11.6 Å². The number of piperazine rings is 1. The van der Waals surface area contributed by atoms with Gasteiger partial charge in [-0.1, -0.05) is 12.1 Å². The summed E-state index contributed by atoms with van der Waals surface area (Å²) < 4.78 is 0. The van der Waals surface area contributed by atoms with E-state index in [4.69, 9.17) is 10.9 Å². The Morgan fingerprint density at radius 3 is 2.75 bits per heavy atom. The maximum Gasteiger partial charge on any atom is 0.173 e. The van der Waals surface area contributed by atoms with Gasteiger partial charge in [-0.05, 0) is 25.5 Å². The standard InChI is InChI=1S/C14H23N5O/c1-3-11(2)18-7-9-19(10-8-18)14-12(13(15)17-20)5-4-6-16-14/h4-6,11,20H,3,7-10H2,1-2H3,(H2,15,17). The smallest absolute Gasteiger partial charge is 0.173 e. The summed E-state index contributed by atoms with van der Waals surface area (Å²) in [6.07, 6.45) is 2.91. The second-order valence-corrected chi connectivity index (χ2v) is 5.14. The van der Waals surface area contributed by atoms with Gasteiger partial charge in [-0.15, -0.1) is 0 Å². The molecule has 0 aliphatic carbocycles. The summed E-state index contributed by atoms with van der Waals surface area (Å²) in [5.41, 5.74) is 6.41. The van der Waals surface area contributed by atoms with E-state index < -0.39 is 0 Å². The third kappa shape index (κ3) is 3.01. The number of pyridine rings is 1. The molecular weight excluding hydrogens is 254 g/mol. The SMILES string of the molecule is CCC(C)N1CCN(c2ncccc2C(N)=NO)CC1. The van der Waals surface area contributed by atoms with Crippen molar-refractivity contribution in [2.75, 3.05) is 31.1 Å². The predicted octanol–water partition coefficient (Wildman–Crippen LogP) is 1.10. The number of amidine groups is 1. The van der Waals surface area contributed by atoms with Crippen LogP contribution in [0.1, 0.15) is 25.8 Å². The van der Waals surface area contributed by atoms with E-state index in [1.54, 1.807) is 12.3 Å². The zero-order chi connectivity index (χ0) is 14.5. The number of hydrogen-bond acceptors (Lipinski definition) is 5. The summed E-state index contributed by atoms with van der Waals surface area (Å²) >= 11 is 0. The molecule has 0 radical (unpaired) electrons. The molecule has 20 heavy (non-hydrogen) atoms. The van der Waals surface area contributed by atoms with E-state index in [1.807, 2.05) is 6.07 Å². The van der Waals surface area contributed by atoms with Gasteiger partial charge in [0.15, 0.2) is 5.84 Å². The van der Waals surface area contributed by atoms with E-state index in [9.17, 15) is 0 Å². The fourth-order valence-corrected chi connectivity index (χ4v) is 2.54. The Labute approximate surface area is 119 Å². The molecule has 3 N–H and O–H groups in total. The summed E-state index contributed by atoms with van der Waals surface area (Å²) in [5.74, 6) is 0.907. The van der Waals surface area contributed by atoms with Crippen molar-refractivity contribution in [1.82, 2.24) is 9.88 Å². The van der Waals surface area contributed by atoms with Gasteiger partial charge in [0.1, 0.15) is 5.82 Å². The topological polar surface area (TPSA) is 78.0 Å². The largest absolute Gasteiger partial charge is 0.409 e. The number of rotatable bonds is 4. The minimum Gasteiger partial charge on any atom is -0.409 e. The highest BCUT2D eigenvalue weighted by Gasteiger charge is 2.23. The first-order chi connectivity index (χ1) is 9.67. The molecule has 0 bridgehead atoms. The zero-order valence-electron chi connectivity index (χ0n) is 12.2. The van der Waals surface area contributed by atoms with Crippen LogP contribution in [-0.4, -0.2) is 53.1 Å². The van der Waals surface area contributed by atoms with Crippen LogP contribution in [0.25, 0.3) is 0 Å². The summed E-state index contributed by atoms with van der Waals surface area (Å²) in [6, 6.07) is 4.24. The van der Waals surface area contributed by atoms with Crippen LogP contribution in [-0.2, 0) is 0 Å². The molecule has 1 aliphatic heterocycles. The molecule has 1 fully saturated rings.